The van der Waals surface area contributed by atoms with Crippen molar-refractivity contribution in [1.82, 2.24) is 14.8 Å². The van der Waals surface area contributed by atoms with E-state index in [4.69, 9.17) is 5.73 Å². The van der Waals surface area contributed by atoms with Gasteiger partial charge in [-0.15, -0.1) is 0 Å². The number of nitrogens with zero attached hydrogens (tertiary/aromatic N) is 3. The number of carbonyl (C=O) groups is 2. The number of ketones is 1. The lowest BCUT2D eigenvalue weighted by Gasteiger charge is -2.20. The molecule has 13 heteroatoms. The number of hydrogen-bond acceptors (Lipinski definition) is 4. The number of nitrogens with two attached hydrogens (primary N) is 1. The van der Waals surface area contributed by atoms with Gasteiger partial charge in [-0.25, -0.2) is 30.7 Å². The van der Waals surface area contributed by atoms with Gasteiger partial charge in [-0.05, 0) is 54.8 Å². The summed E-state index contributed by atoms with van der Waals surface area (Å²) < 4.78 is 96.8. The van der Waals surface area contributed by atoms with Gasteiger partial charge in [0.1, 0.15) is 35.4 Å². The third-order valence-electron chi connectivity index (χ3n) is 6.66. The highest BCUT2D eigenvalue weighted by Gasteiger charge is 2.29. The van der Waals surface area contributed by atoms with E-state index in [0.717, 1.165) is 25.1 Å². The second-order valence-corrected chi connectivity index (χ2v) is 9.57. The van der Waals surface area contributed by atoms with Crippen LogP contribution in [-0.2, 0) is 17.8 Å². The molecule has 0 aliphatic rings. The van der Waals surface area contributed by atoms with E-state index in [1.54, 1.807) is 6.07 Å². The molecule has 1 amide bonds. The van der Waals surface area contributed by atoms with Crippen LogP contribution in [-0.4, -0.2) is 26.5 Å². The summed E-state index contributed by atoms with van der Waals surface area (Å²) in [7, 11) is 0. The highest BCUT2D eigenvalue weighted by molar-refractivity contribution is 5.94. The first-order valence-corrected chi connectivity index (χ1v) is 12.5. The third kappa shape index (κ3) is 6.67. The van der Waals surface area contributed by atoms with Crippen LogP contribution in [0, 0.1) is 24.4 Å². The molecule has 42 heavy (non-hydrogen) atoms. The SMILES string of the molecule is Cc1c(C(F)F)nn(CC(=O)C[C@@H](Cc2cc(F)cc(F)c2)c2ncccc2-c2ccc(F)c(C(N)=O)c2)c1C(F)F. The Bertz CT molecular complexity index is 1620. The lowest BCUT2D eigenvalue weighted by atomic mass is 9.86. The van der Waals surface area contributed by atoms with Gasteiger partial charge in [0, 0.05) is 35.7 Å². The molecule has 2 aromatic heterocycles. The number of alkyl halides is 4. The lowest BCUT2D eigenvalue weighted by Crippen LogP contribution is -2.19. The number of primary amides is 1. The van der Waals surface area contributed by atoms with Crippen LogP contribution < -0.4 is 5.73 Å². The third-order valence-corrected chi connectivity index (χ3v) is 6.66. The van der Waals surface area contributed by atoms with Crippen LogP contribution >= 0.6 is 0 Å². The Balaban J connectivity index is 1.76. The number of Topliss-reactive ketones (excluding diaryl/α,β-unsaturated/α-hetero) is 1. The molecule has 0 unspecified atom stereocenters. The summed E-state index contributed by atoms with van der Waals surface area (Å²) in [5.41, 5.74) is 3.69. The van der Waals surface area contributed by atoms with E-state index in [1.807, 2.05) is 0 Å². The summed E-state index contributed by atoms with van der Waals surface area (Å²) in [5, 5.41) is 3.53. The Morgan fingerprint density at radius 3 is 2.24 bits per heavy atom. The monoisotopic (exact) mass is 592 g/mol. The van der Waals surface area contributed by atoms with Crippen LogP contribution in [0.2, 0.25) is 0 Å². The van der Waals surface area contributed by atoms with Gasteiger partial charge < -0.3 is 5.73 Å². The smallest absolute Gasteiger partial charge is 0.282 e. The minimum Gasteiger partial charge on any atom is -0.366 e. The Labute approximate surface area is 235 Å². The molecule has 0 aliphatic carbocycles. The summed E-state index contributed by atoms with van der Waals surface area (Å²) in [6, 6.07) is 9.39. The highest BCUT2D eigenvalue weighted by Crippen LogP contribution is 2.34. The molecule has 0 bridgehead atoms. The number of pyridine rings is 1. The van der Waals surface area contributed by atoms with Crippen molar-refractivity contribution in [2.75, 3.05) is 0 Å². The second-order valence-electron chi connectivity index (χ2n) is 9.57. The Kier molecular flexibility index (Phi) is 9.08. The van der Waals surface area contributed by atoms with Crippen molar-refractivity contribution in [3.8, 4) is 11.1 Å². The maximum absolute atomic E-state index is 14.2. The van der Waals surface area contributed by atoms with Gasteiger partial charge in [0.15, 0.2) is 5.78 Å². The van der Waals surface area contributed by atoms with Crippen molar-refractivity contribution >= 4 is 11.7 Å². The fraction of sp³-hybridized carbons (Fsp3) is 0.241. The summed E-state index contributed by atoms with van der Waals surface area (Å²) in [6.07, 6.45) is -5.55. The topological polar surface area (TPSA) is 90.9 Å². The summed E-state index contributed by atoms with van der Waals surface area (Å²) in [4.78, 5) is 29.3. The predicted octanol–water partition coefficient (Wildman–Crippen LogP) is 6.63. The van der Waals surface area contributed by atoms with Gasteiger partial charge in [-0.1, -0.05) is 12.1 Å². The number of halogens is 7. The van der Waals surface area contributed by atoms with Gasteiger partial charge in [-0.2, -0.15) is 5.10 Å². The zero-order valence-corrected chi connectivity index (χ0v) is 21.9. The van der Waals surface area contributed by atoms with Gasteiger partial charge in [0.2, 0.25) is 0 Å². The quantitative estimate of drug-likeness (QED) is 0.198. The van der Waals surface area contributed by atoms with E-state index < -0.39 is 83.4 Å². The van der Waals surface area contributed by atoms with Crippen LogP contribution in [0.15, 0.2) is 54.7 Å². The van der Waals surface area contributed by atoms with Crippen molar-refractivity contribution in [2.24, 2.45) is 5.73 Å². The van der Waals surface area contributed by atoms with E-state index in [-0.39, 0.29) is 17.7 Å². The molecular weight excluding hydrogens is 569 g/mol. The molecule has 0 spiro atoms. The predicted molar refractivity (Wildman–Crippen MR) is 137 cm³/mol. The highest BCUT2D eigenvalue weighted by atomic mass is 19.3. The van der Waals surface area contributed by atoms with Crippen LogP contribution in [0.25, 0.3) is 11.1 Å². The maximum Gasteiger partial charge on any atom is 0.282 e. The largest absolute Gasteiger partial charge is 0.366 e. The molecule has 0 aliphatic heterocycles. The van der Waals surface area contributed by atoms with Crippen molar-refractivity contribution in [1.29, 1.82) is 0 Å². The van der Waals surface area contributed by atoms with Crippen molar-refractivity contribution in [3.63, 3.8) is 0 Å². The Morgan fingerprint density at radius 2 is 1.62 bits per heavy atom. The standard InChI is InChI=1S/C29H23F7N4O2/c1-14-24(27(33)34)39-40(26(14)28(35)36)13-20(41)10-17(7-15-8-18(30)12-19(31)9-15)25-21(3-2-6-38-25)16-4-5-23(32)22(11-16)29(37)42/h2-6,8-9,11-12,17,27-28H,7,10,13H2,1H3,(H2,37,42)/t17-/m1/s1. The first-order valence-electron chi connectivity index (χ1n) is 12.5. The van der Waals surface area contributed by atoms with Crippen LogP contribution in [0.4, 0.5) is 30.7 Å². The number of aromatic nitrogens is 3. The molecule has 0 saturated heterocycles. The molecule has 220 valence electrons. The van der Waals surface area contributed by atoms with Gasteiger partial charge >= 0.3 is 0 Å². The average molecular weight is 593 g/mol. The van der Waals surface area contributed by atoms with Crippen LogP contribution in [0.1, 0.15) is 63.8 Å². The molecule has 2 N–H and O–H groups in total. The van der Waals surface area contributed by atoms with E-state index in [9.17, 15) is 40.3 Å². The number of carbonyl (C=O) groups excluding carboxylic acids is 2. The lowest BCUT2D eigenvalue weighted by molar-refractivity contribution is -0.120. The number of hydrogen-bond donors (Lipinski definition) is 1. The number of benzene rings is 2. The van der Waals surface area contributed by atoms with Gasteiger partial charge in [-0.3, -0.25) is 19.3 Å². The van der Waals surface area contributed by atoms with Crippen LogP contribution in [0.5, 0.6) is 0 Å². The normalized spacial score (nSPS) is 12.2. The zero-order valence-electron chi connectivity index (χ0n) is 21.9. The molecule has 2 aromatic carbocycles. The zero-order chi connectivity index (χ0) is 30.7. The maximum atomic E-state index is 14.2. The van der Waals surface area contributed by atoms with Crippen molar-refractivity contribution < 1.29 is 40.3 Å². The minimum absolute atomic E-state index is 0.141. The summed E-state index contributed by atoms with van der Waals surface area (Å²) in [5.74, 6) is -5.31. The molecule has 4 rings (SSSR count). The summed E-state index contributed by atoms with van der Waals surface area (Å²) in [6.45, 7) is 0.271. The molecule has 0 saturated carbocycles. The number of amides is 1. The Hall–Kier alpha value is -4.55. The van der Waals surface area contributed by atoms with E-state index in [2.05, 4.69) is 10.1 Å². The second kappa shape index (κ2) is 12.5. The molecule has 0 fully saturated rings. The van der Waals surface area contributed by atoms with Crippen LogP contribution in [0.3, 0.4) is 0 Å². The molecular formula is C29H23F7N4O2. The number of rotatable bonds is 11. The van der Waals surface area contributed by atoms with E-state index >= 15 is 0 Å². The van der Waals surface area contributed by atoms with Gasteiger partial charge in [0.05, 0.1) is 11.3 Å². The Morgan fingerprint density at radius 1 is 0.929 bits per heavy atom. The minimum atomic E-state index is -3.19. The molecule has 0 radical (unpaired) electrons. The fourth-order valence-electron chi connectivity index (χ4n) is 4.84. The van der Waals surface area contributed by atoms with Crippen molar-refractivity contribution in [3.05, 3.63) is 106 Å². The van der Waals surface area contributed by atoms with E-state index in [1.165, 1.54) is 24.4 Å². The van der Waals surface area contributed by atoms with E-state index in [0.29, 0.717) is 21.9 Å². The molecule has 2 heterocycles. The first kappa shape index (κ1) is 30.4. The van der Waals surface area contributed by atoms with Gasteiger partial charge in [0.25, 0.3) is 18.8 Å². The average Bonchev–Trinajstić information content (AvgIpc) is 3.23. The summed E-state index contributed by atoms with van der Waals surface area (Å²) >= 11 is 0. The molecule has 4 aromatic rings. The fourth-order valence-corrected chi connectivity index (χ4v) is 4.84. The first-order chi connectivity index (χ1) is 19.8. The van der Waals surface area contributed by atoms with Crippen molar-refractivity contribution in [2.45, 2.75) is 45.1 Å². The molecule has 1 atom stereocenters. The molecule has 6 nitrogen and oxygen atoms in total.